The largest absolute Gasteiger partial charge is 0.435 e. The van der Waals surface area contributed by atoms with Crippen LogP contribution in [0.1, 0.15) is 52.9 Å². The van der Waals surface area contributed by atoms with Gasteiger partial charge in [-0.25, -0.2) is 0 Å². The molecule has 0 aromatic rings. The lowest BCUT2D eigenvalue weighted by molar-refractivity contribution is -0.135. The van der Waals surface area contributed by atoms with Crippen molar-refractivity contribution in [3.8, 4) is 0 Å². The quantitative estimate of drug-likeness (QED) is 0.354. The first kappa shape index (κ1) is 13.2. The lowest BCUT2D eigenvalue weighted by Crippen LogP contribution is -1.93. The van der Waals surface area contributed by atoms with Crippen LogP contribution in [0.2, 0.25) is 0 Å². The summed E-state index contributed by atoms with van der Waals surface area (Å²) in [6, 6.07) is 0. The third-order valence-corrected chi connectivity index (χ3v) is 2.15. The topological polar surface area (TPSA) is 26.3 Å². The molecule has 0 saturated carbocycles. The molecule has 0 aromatic carbocycles. The van der Waals surface area contributed by atoms with E-state index >= 15 is 0 Å². The van der Waals surface area contributed by atoms with Gasteiger partial charge in [0.05, 0.1) is 6.26 Å². The Labute approximate surface area is 87.3 Å². The molecule has 0 saturated heterocycles. The molecular formula is C12H22O2. The first-order chi connectivity index (χ1) is 6.66. The Bertz CT molecular complexity index is 173. The highest BCUT2D eigenvalue weighted by Gasteiger charge is 1.97. The number of rotatable bonds is 7. The fraction of sp³-hybridized carbons (Fsp3) is 0.750. The van der Waals surface area contributed by atoms with Crippen LogP contribution < -0.4 is 0 Å². The van der Waals surface area contributed by atoms with Crippen molar-refractivity contribution in [3.05, 3.63) is 12.3 Å². The average Bonchev–Trinajstić information content (AvgIpc) is 2.12. The van der Waals surface area contributed by atoms with Gasteiger partial charge in [0, 0.05) is 6.92 Å². The number of hydrogen-bond acceptors (Lipinski definition) is 2. The first-order valence-corrected chi connectivity index (χ1v) is 5.50. The summed E-state index contributed by atoms with van der Waals surface area (Å²) in [6.45, 7) is 5.77. The van der Waals surface area contributed by atoms with Crippen LogP contribution in [0.5, 0.6) is 0 Å². The van der Waals surface area contributed by atoms with E-state index in [1.165, 1.54) is 45.3 Å². The first-order valence-electron chi connectivity index (χ1n) is 5.50. The number of hydrogen-bond donors (Lipinski definition) is 0. The van der Waals surface area contributed by atoms with Crippen molar-refractivity contribution in [1.29, 1.82) is 0 Å². The predicted octanol–water partition coefficient (Wildman–Crippen LogP) is 3.67. The second kappa shape index (κ2) is 8.79. The minimum atomic E-state index is -0.251. The Balaban J connectivity index is 3.39. The molecule has 0 bridgehead atoms. The van der Waals surface area contributed by atoms with Crippen molar-refractivity contribution in [2.24, 2.45) is 5.92 Å². The van der Waals surface area contributed by atoms with Gasteiger partial charge in [0.2, 0.25) is 0 Å². The van der Waals surface area contributed by atoms with Crippen LogP contribution in [0.4, 0.5) is 0 Å². The summed E-state index contributed by atoms with van der Waals surface area (Å²) >= 11 is 0. The Morgan fingerprint density at radius 2 is 2.07 bits per heavy atom. The number of unbranched alkanes of at least 4 members (excludes halogenated alkanes) is 3. The maximum absolute atomic E-state index is 10.5. The summed E-state index contributed by atoms with van der Waals surface area (Å²) in [4.78, 5) is 10.5. The second-order valence-electron chi connectivity index (χ2n) is 3.76. The van der Waals surface area contributed by atoms with Gasteiger partial charge in [-0.3, -0.25) is 4.79 Å². The SMILES string of the molecule is CCCCCC[C@H](C)/C=C\OC(C)=O. The Morgan fingerprint density at radius 3 is 2.64 bits per heavy atom. The minimum Gasteiger partial charge on any atom is -0.435 e. The van der Waals surface area contributed by atoms with Crippen LogP contribution in [0.25, 0.3) is 0 Å². The molecule has 82 valence electrons. The van der Waals surface area contributed by atoms with E-state index in [0.29, 0.717) is 5.92 Å². The molecule has 1 atom stereocenters. The molecule has 0 aliphatic carbocycles. The van der Waals surface area contributed by atoms with Gasteiger partial charge in [0.15, 0.2) is 0 Å². The highest BCUT2D eigenvalue weighted by Crippen LogP contribution is 2.11. The zero-order chi connectivity index (χ0) is 10.8. The molecule has 0 aliphatic heterocycles. The molecule has 14 heavy (non-hydrogen) atoms. The average molecular weight is 198 g/mol. The van der Waals surface area contributed by atoms with Crippen LogP contribution in [-0.2, 0) is 9.53 Å². The summed E-state index contributed by atoms with van der Waals surface area (Å²) < 4.78 is 4.72. The van der Waals surface area contributed by atoms with Crippen molar-refractivity contribution in [2.45, 2.75) is 52.9 Å². The van der Waals surface area contributed by atoms with Crippen molar-refractivity contribution in [2.75, 3.05) is 0 Å². The monoisotopic (exact) mass is 198 g/mol. The third kappa shape index (κ3) is 9.30. The van der Waals surface area contributed by atoms with Crippen LogP contribution in [0.15, 0.2) is 12.3 Å². The Hall–Kier alpha value is -0.790. The van der Waals surface area contributed by atoms with Crippen molar-refractivity contribution in [3.63, 3.8) is 0 Å². The standard InChI is InChI=1S/C12H22O2/c1-4-5-6-7-8-11(2)9-10-14-12(3)13/h9-11H,4-8H2,1-3H3/b10-9-/t11-/m0/s1. The summed E-state index contributed by atoms with van der Waals surface area (Å²) in [5.74, 6) is 0.255. The molecule has 0 aliphatic rings. The highest BCUT2D eigenvalue weighted by molar-refractivity contribution is 5.66. The molecule has 2 nitrogen and oxygen atoms in total. The van der Waals surface area contributed by atoms with Gasteiger partial charge < -0.3 is 4.74 Å². The van der Waals surface area contributed by atoms with Gasteiger partial charge in [0.1, 0.15) is 0 Å². The lowest BCUT2D eigenvalue weighted by atomic mass is 10.0. The van der Waals surface area contributed by atoms with E-state index < -0.39 is 0 Å². The molecule has 0 N–H and O–H groups in total. The van der Waals surface area contributed by atoms with Crippen LogP contribution in [0.3, 0.4) is 0 Å². The van der Waals surface area contributed by atoms with Crippen LogP contribution in [0, 0.1) is 5.92 Å². The number of esters is 1. The molecule has 0 spiro atoms. The summed E-state index contributed by atoms with van der Waals surface area (Å²) in [5.41, 5.74) is 0. The second-order valence-corrected chi connectivity index (χ2v) is 3.76. The van der Waals surface area contributed by atoms with E-state index in [1.54, 1.807) is 0 Å². The predicted molar refractivity (Wildman–Crippen MR) is 58.8 cm³/mol. The van der Waals surface area contributed by atoms with Gasteiger partial charge in [-0.2, -0.15) is 0 Å². The van der Waals surface area contributed by atoms with Crippen molar-refractivity contribution < 1.29 is 9.53 Å². The zero-order valence-corrected chi connectivity index (χ0v) is 9.58. The lowest BCUT2D eigenvalue weighted by Gasteiger charge is -2.04. The van der Waals surface area contributed by atoms with Gasteiger partial charge in [-0.1, -0.05) is 39.5 Å². The molecule has 0 radical (unpaired) electrons. The minimum absolute atomic E-state index is 0.251. The maximum Gasteiger partial charge on any atom is 0.307 e. The van der Waals surface area contributed by atoms with Crippen molar-refractivity contribution >= 4 is 5.97 Å². The maximum atomic E-state index is 10.5. The van der Waals surface area contributed by atoms with Gasteiger partial charge >= 0.3 is 5.97 Å². The van der Waals surface area contributed by atoms with Gasteiger partial charge in [0.25, 0.3) is 0 Å². The molecule has 2 heteroatoms. The molecule has 0 amide bonds. The summed E-state index contributed by atoms with van der Waals surface area (Å²) in [5, 5.41) is 0. The van der Waals surface area contributed by atoms with Crippen molar-refractivity contribution in [1.82, 2.24) is 0 Å². The summed E-state index contributed by atoms with van der Waals surface area (Å²) in [6.07, 6.45) is 9.80. The number of allylic oxidation sites excluding steroid dienone is 1. The van der Waals surface area contributed by atoms with Gasteiger partial charge in [-0.05, 0) is 18.4 Å². The van der Waals surface area contributed by atoms with E-state index in [2.05, 4.69) is 13.8 Å². The number of ether oxygens (including phenoxy) is 1. The fourth-order valence-electron chi connectivity index (χ4n) is 1.26. The number of carbonyl (C=O) groups is 1. The normalized spacial score (nSPS) is 13.1. The van der Waals surface area contributed by atoms with E-state index in [0.717, 1.165) is 0 Å². The molecule has 0 unspecified atom stereocenters. The molecule has 0 fully saturated rings. The third-order valence-electron chi connectivity index (χ3n) is 2.15. The molecule has 0 aromatic heterocycles. The highest BCUT2D eigenvalue weighted by atomic mass is 16.5. The molecule has 0 heterocycles. The fourth-order valence-corrected chi connectivity index (χ4v) is 1.26. The van der Waals surface area contributed by atoms with Gasteiger partial charge in [-0.15, -0.1) is 0 Å². The van der Waals surface area contributed by atoms with Crippen LogP contribution >= 0.6 is 0 Å². The summed E-state index contributed by atoms with van der Waals surface area (Å²) in [7, 11) is 0. The zero-order valence-electron chi connectivity index (χ0n) is 9.58. The molecule has 0 rings (SSSR count). The number of carbonyl (C=O) groups excluding carboxylic acids is 1. The Kier molecular flexibility index (Phi) is 8.30. The Morgan fingerprint density at radius 1 is 1.36 bits per heavy atom. The van der Waals surface area contributed by atoms with E-state index in [9.17, 15) is 4.79 Å². The van der Waals surface area contributed by atoms with E-state index in [4.69, 9.17) is 4.74 Å². The van der Waals surface area contributed by atoms with E-state index in [1.807, 2.05) is 6.08 Å². The molecular weight excluding hydrogens is 176 g/mol. The van der Waals surface area contributed by atoms with E-state index in [-0.39, 0.29) is 5.97 Å². The smallest absolute Gasteiger partial charge is 0.307 e. The van der Waals surface area contributed by atoms with Crippen LogP contribution in [-0.4, -0.2) is 5.97 Å².